The monoisotopic (exact) mass is 321 g/mol. The van der Waals surface area contributed by atoms with E-state index in [-0.39, 0.29) is 11.3 Å². The van der Waals surface area contributed by atoms with E-state index in [9.17, 15) is 13.5 Å². The number of nitrogens with one attached hydrogen (secondary N) is 1. The molecule has 1 atom stereocenters. The van der Waals surface area contributed by atoms with Crippen LogP contribution in [-0.2, 0) is 16.4 Å². The van der Waals surface area contributed by atoms with Crippen LogP contribution in [0.1, 0.15) is 11.1 Å². The maximum absolute atomic E-state index is 12.2. The van der Waals surface area contributed by atoms with Crippen LogP contribution in [0.2, 0.25) is 0 Å². The molecular formula is C16H19NO4S. The van der Waals surface area contributed by atoms with Crippen molar-refractivity contribution in [1.29, 1.82) is 0 Å². The minimum Gasteiger partial charge on any atom is -0.496 e. The third-order valence-electron chi connectivity index (χ3n) is 3.23. The minimum absolute atomic E-state index is 0.120. The van der Waals surface area contributed by atoms with Gasteiger partial charge in [-0.1, -0.05) is 35.9 Å². The third kappa shape index (κ3) is 4.07. The van der Waals surface area contributed by atoms with Crippen LogP contribution in [0.3, 0.4) is 0 Å². The van der Waals surface area contributed by atoms with Crippen LogP contribution in [0.15, 0.2) is 53.4 Å². The number of hydrogen-bond donors (Lipinski definition) is 2. The SMILES string of the molecule is COc1ccccc1CC(O)NS(=O)(=O)c1ccc(C)cc1. The van der Waals surface area contributed by atoms with Crippen molar-refractivity contribution in [2.75, 3.05) is 7.11 Å². The maximum Gasteiger partial charge on any atom is 0.242 e. The van der Waals surface area contributed by atoms with E-state index in [4.69, 9.17) is 4.74 Å². The molecule has 2 aromatic carbocycles. The smallest absolute Gasteiger partial charge is 0.242 e. The fourth-order valence-electron chi connectivity index (χ4n) is 2.09. The van der Waals surface area contributed by atoms with E-state index in [1.54, 1.807) is 30.3 Å². The summed E-state index contributed by atoms with van der Waals surface area (Å²) in [5.41, 5.74) is 1.69. The molecule has 0 aliphatic carbocycles. The molecular weight excluding hydrogens is 302 g/mol. The lowest BCUT2D eigenvalue weighted by molar-refractivity contribution is 0.162. The van der Waals surface area contributed by atoms with Gasteiger partial charge in [-0.3, -0.25) is 0 Å². The first kappa shape index (κ1) is 16.5. The van der Waals surface area contributed by atoms with Crippen LogP contribution in [0, 0.1) is 6.92 Å². The molecule has 1 unspecified atom stereocenters. The van der Waals surface area contributed by atoms with Gasteiger partial charge in [-0.2, -0.15) is 4.72 Å². The highest BCUT2D eigenvalue weighted by atomic mass is 32.2. The van der Waals surface area contributed by atoms with E-state index in [0.29, 0.717) is 5.75 Å². The van der Waals surface area contributed by atoms with Gasteiger partial charge >= 0.3 is 0 Å². The molecule has 118 valence electrons. The summed E-state index contributed by atoms with van der Waals surface area (Å²) in [6.45, 7) is 1.88. The lowest BCUT2D eigenvalue weighted by Gasteiger charge is -2.15. The van der Waals surface area contributed by atoms with E-state index in [0.717, 1.165) is 11.1 Å². The van der Waals surface area contributed by atoms with E-state index in [2.05, 4.69) is 4.72 Å². The Bertz CT molecular complexity index is 726. The van der Waals surface area contributed by atoms with Crippen molar-refractivity contribution >= 4 is 10.0 Å². The first-order valence-corrected chi connectivity index (χ1v) is 8.29. The Kier molecular flexibility index (Phi) is 5.18. The van der Waals surface area contributed by atoms with Crippen molar-refractivity contribution in [3.8, 4) is 5.75 Å². The normalized spacial score (nSPS) is 12.9. The Morgan fingerprint density at radius 1 is 1.14 bits per heavy atom. The predicted molar refractivity (Wildman–Crippen MR) is 84.2 cm³/mol. The zero-order chi connectivity index (χ0) is 16.2. The van der Waals surface area contributed by atoms with Crippen LogP contribution in [0.5, 0.6) is 5.75 Å². The van der Waals surface area contributed by atoms with Gasteiger partial charge in [0.15, 0.2) is 0 Å². The molecule has 2 rings (SSSR count). The fourth-order valence-corrected chi connectivity index (χ4v) is 3.16. The van der Waals surface area contributed by atoms with Crippen molar-refractivity contribution in [2.45, 2.75) is 24.5 Å². The molecule has 0 bridgehead atoms. The summed E-state index contributed by atoms with van der Waals surface area (Å²) in [7, 11) is -2.23. The number of aryl methyl sites for hydroxylation is 1. The summed E-state index contributed by atoms with van der Waals surface area (Å²) in [5.74, 6) is 0.607. The highest BCUT2D eigenvalue weighted by Gasteiger charge is 2.19. The highest BCUT2D eigenvalue weighted by Crippen LogP contribution is 2.19. The summed E-state index contributed by atoms with van der Waals surface area (Å²) in [5, 5.41) is 10.0. The zero-order valence-electron chi connectivity index (χ0n) is 12.5. The van der Waals surface area contributed by atoms with Gasteiger partial charge in [-0.15, -0.1) is 0 Å². The zero-order valence-corrected chi connectivity index (χ0v) is 13.3. The second kappa shape index (κ2) is 6.91. The highest BCUT2D eigenvalue weighted by molar-refractivity contribution is 7.89. The van der Waals surface area contributed by atoms with E-state index in [1.807, 2.05) is 13.0 Å². The van der Waals surface area contributed by atoms with Gasteiger partial charge < -0.3 is 9.84 Å². The van der Waals surface area contributed by atoms with Crippen molar-refractivity contribution in [3.05, 3.63) is 59.7 Å². The number of para-hydroxylation sites is 1. The van der Waals surface area contributed by atoms with Crippen LogP contribution in [0.4, 0.5) is 0 Å². The number of rotatable bonds is 6. The Labute approximate surface area is 130 Å². The number of aliphatic hydroxyl groups is 1. The average Bonchev–Trinajstić information content (AvgIpc) is 2.47. The molecule has 22 heavy (non-hydrogen) atoms. The largest absolute Gasteiger partial charge is 0.496 e. The molecule has 0 aromatic heterocycles. The lowest BCUT2D eigenvalue weighted by Crippen LogP contribution is -2.36. The van der Waals surface area contributed by atoms with Gasteiger partial charge in [-0.05, 0) is 30.7 Å². The molecule has 2 N–H and O–H groups in total. The first-order valence-electron chi connectivity index (χ1n) is 6.81. The van der Waals surface area contributed by atoms with Gasteiger partial charge in [0, 0.05) is 6.42 Å². The summed E-state index contributed by atoms with van der Waals surface area (Å²) in [6.07, 6.45) is -1.11. The van der Waals surface area contributed by atoms with E-state index in [1.165, 1.54) is 19.2 Å². The average molecular weight is 321 g/mol. The summed E-state index contributed by atoms with van der Waals surface area (Å²) >= 11 is 0. The minimum atomic E-state index is -3.76. The van der Waals surface area contributed by atoms with E-state index >= 15 is 0 Å². The first-order chi connectivity index (χ1) is 10.4. The second-order valence-electron chi connectivity index (χ2n) is 4.97. The molecule has 0 saturated carbocycles. The number of hydrogen-bond acceptors (Lipinski definition) is 4. The van der Waals surface area contributed by atoms with Gasteiger partial charge in [0.1, 0.15) is 12.0 Å². The molecule has 6 heteroatoms. The fraction of sp³-hybridized carbons (Fsp3) is 0.250. The van der Waals surface area contributed by atoms with Crippen molar-refractivity contribution in [2.24, 2.45) is 0 Å². The van der Waals surface area contributed by atoms with Crippen molar-refractivity contribution < 1.29 is 18.3 Å². The topological polar surface area (TPSA) is 75.6 Å². The quantitative estimate of drug-likeness (QED) is 0.796. The molecule has 0 spiro atoms. The Hall–Kier alpha value is -1.89. The molecule has 0 amide bonds. The van der Waals surface area contributed by atoms with Gasteiger partial charge in [0.05, 0.1) is 12.0 Å². The molecule has 5 nitrogen and oxygen atoms in total. The standard InChI is InChI=1S/C16H19NO4S/c1-12-7-9-14(10-8-12)22(19,20)17-16(18)11-13-5-3-4-6-15(13)21-2/h3-10,16-18H,11H2,1-2H3. The molecule has 0 aliphatic rings. The number of methoxy groups -OCH3 is 1. The van der Waals surface area contributed by atoms with Gasteiger partial charge in [-0.25, -0.2) is 8.42 Å². The predicted octanol–water partition coefficient (Wildman–Crippen LogP) is 1.84. The van der Waals surface area contributed by atoms with Crippen molar-refractivity contribution in [1.82, 2.24) is 4.72 Å². The summed E-state index contributed by atoms with van der Waals surface area (Å²) < 4.78 is 31.8. The van der Waals surface area contributed by atoms with Crippen LogP contribution in [-0.4, -0.2) is 26.9 Å². The summed E-state index contributed by atoms with van der Waals surface area (Å²) in [6, 6.07) is 13.6. The maximum atomic E-state index is 12.2. The van der Waals surface area contributed by atoms with Crippen LogP contribution in [0.25, 0.3) is 0 Å². The Morgan fingerprint density at radius 3 is 2.41 bits per heavy atom. The Morgan fingerprint density at radius 2 is 1.77 bits per heavy atom. The molecule has 0 radical (unpaired) electrons. The molecule has 0 aliphatic heterocycles. The van der Waals surface area contributed by atoms with Crippen LogP contribution >= 0.6 is 0 Å². The number of sulfonamides is 1. The van der Waals surface area contributed by atoms with Gasteiger partial charge in [0.2, 0.25) is 10.0 Å². The lowest BCUT2D eigenvalue weighted by atomic mass is 10.1. The number of benzene rings is 2. The molecule has 0 heterocycles. The second-order valence-corrected chi connectivity index (χ2v) is 6.68. The Balaban J connectivity index is 2.11. The molecule has 0 saturated heterocycles. The molecule has 2 aromatic rings. The third-order valence-corrected chi connectivity index (χ3v) is 4.70. The molecule has 0 fully saturated rings. The number of ether oxygens (including phenoxy) is 1. The summed E-state index contributed by atoms with van der Waals surface area (Å²) in [4.78, 5) is 0.122. The van der Waals surface area contributed by atoms with Crippen LogP contribution < -0.4 is 9.46 Å². The van der Waals surface area contributed by atoms with Crippen molar-refractivity contribution in [3.63, 3.8) is 0 Å². The number of aliphatic hydroxyl groups excluding tert-OH is 1. The van der Waals surface area contributed by atoms with Gasteiger partial charge in [0.25, 0.3) is 0 Å². The van der Waals surface area contributed by atoms with E-state index < -0.39 is 16.3 Å².